The van der Waals surface area contributed by atoms with Crippen LogP contribution in [0.15, 0.2) is 18.8 Å². The molecule has 2 nitrogen and oxygen atoms in total. The third-order valence-electron chi connectivity index (χ3n) is 2.25. The molecule has 0 fully saturated rings. The lowest BCUT2D eigenvalue weighted by Gasteiger charge is -1.99. The van der Waals surface area contributed by atoms with Crippen LogP contribution in [0.3, 0.4) is 0 Å². The van der Waals surface area contributed by atoms with Crippen molar-refractivity contribution in [3.05, 3.63) is 35.8 Å². The molecule has 0 spiro atoms. The number of aromatic nitrogens is 2. The van der Waals surface area contributed by atoms with Crippen LogP contribution >= 0.6 is 0 Å². The van der Waals surface area contributed by atoms with Gasteiger partial charge in [-0.3, -0.25) is 4.98 Å². The van der Waals surface area contributed by atoms with Crippen molar-refractivity contribution in [1.82, 2.24) is 9.97 Å². The summed E-state index contributed by atoms with van der Waals surface area (Å²) in [6.45, 7) is 15.8. The van der Waals surface area contributed by atoms with E-state index >= 15 is 0 Å². The zero-order valence-corrected chi connectivity index (χ0v) is 11.9. The van der Waals surface area contributed by atoms with Crippen LogP contribution in [-0.4, -0.2) is 9.97 Å². The molecule has 0 aromatic carbocycles. The van der Waals surface area contributed by atoms with Gasteiger partial charge in [0.05, 0.1) is 11.7 Å². The molecule has 2 rings (SSSR count). The maximum atomic E-state index is 4.29. The number of hydrogen-bond acceptors (Lipinski definition) is 1. The third kappa shape index (κ3) is 3.45. The van der Waals surface area contributed by atoms with E-state index in [1.165, 1.54) is 5.39 Å². The highest BCUT2D eigenvalue weighted by atomic mass is 14.8. The number of rotatable bonds is 1. The number of nitrogens with zero attached hydrogens (tertiary/aromatic N) is 1. The Morgan fingerprint density at radius 2 is 1.76 bits per heavy atom. The van der Waals surface area contributed by atoms with Crippen LogP contribution < -0.4 is 0 Å². The largest absolute Gasteiger partial charge is 0.357 e. The molecule has 2 heteroatoms. The fraction of sp³-hybridized carbons (Fsp3) is 0.400. The van der Waals surface area contributed by atoms with E-state index < -0.39 is 0 Å². The number of fused-ring (bicyclic) bond motifs is 1. The van der Waals surface area contributed by atoms with Gasteiger partial charge >= 0.3 is 0 Å². The lowest BCUT2D eigenvalue weighted by Crippen LogP contribution is -1.85. The van der Waals surface area contributed by atoms with Crippen LogP contribution in [0, 0.1) is 13.8 Å². The van der Waals surface area contributed by atoms with Crippen LogP contribution in [0.5, 0.6) is 0 Å². The smallest absolute Gasteiger partial charge is 0.0648 e. The second-order valence-corrected chi connectivity index (χ2v) is 3.24. The summed E-state index contributed by atoms with van der Waals surface area (Å²) in [4.78, 5) is 7.54. The SMILES string of the molecule is C=Cc1c(C)ncc2[nH]c(C)cc12.CC.CC. The molecule has 1 N–H and O–H groups in total. The summed E-state index contributed by atoms with van der Waals surface area (Å²) in [5.41, 5.74) is 4.40. The van der Waals surface area contributed by atoms with E-state index in [-0.39, 0.29) is 0 Å². The lowest BCUT2D eigenvalue weighted by molar-refractivity contribution is 1.20. The maximum absolute atomic E-state index is 4.29. The highest BCUT2D eigenvalue weighted by Gasteiger charge is 2.04. The molecule has 2 heterocycles. The standard InChI is InChI=1S/C11H12N2.2C2H6/c1-4-9-8(3)12-6-11-10(9)5-7(2)13-11;2*1-2/h4-6,13H,1H2,2-3H3;2*1-2H3. The van der Waals surface area contributed by atoms with E-state index in [0.717, 1.165) is 22.5 Å². The van der Waals surface area contributed by atoms with E-state index in [2.05, 4.69) is 22.6 Å². The Kier molecular flexibility index (Phi) is 6.95. The Bertz CT molecular complexity index is 467. The number of aryl methyl sites for hydroxylation is 2. The van der Waals surface area contributed by atoms with Crippen molar-refractivity contribution in [3.8, 4) is 0 Å². The van der Waals surface area contributed by atoms with Gasteiger partial charge in [0.15, 0.2) is 0 Å². The average molecular weight is 232 g/mol. The summed E-state index contributed by atoms with van der Waals surface area (Å²) >= 11 is 0. The first kappa shape index (κ1) is 15.4. The molecule has 0 bridgehead atoms. The Labute approximate surface area is 105 Å². The summed E-state index contributed by atoms with van der Waals surface area (Å²) in [6, 6.07) is 2.13. The summed E-state index contributed by atoms with van der Waals surface area (Å²) in [5.74, 6) is 0. The van der Waals surface area contributed by atoms with Crippen LogP contribution in [0.4, 0.5) is 0 Å². The Morgan fingerprint density at radius 3 is 2.29 bits per heavy atom. The summed E-state index contributed by atoms with van der Waals surface area (Å²) in [7, 11) is 0. The molecule has 0 radical (unpaired) electrons. The van der Waals surface area contributed by atoms with Crippen molar-refractivity contribution < 1.29 is 0 Å². The van der Waals surface area contributed by atoms with Crippen molar-refractivity contribution in [2.24, 2.45) is 0 Å². The van der Waals surface area contributed by atoms with E-state index in [1.54, 1.807) is 0 Å². The van der Waals surface area contributed by atoms with Gasteiger partial charge in [0.25, 0.3) is 0 Å². The van der Waals surface area contributed by atoms with Gasteiger partial charge in [-0.15, -0.1) is 0 Å². The lowest BCUT2D eigenvalue weighted by atomic mass is 10.1. The zero-order chi connectivity index (χ0) is 13.4. The zero-order valence-electron chi connectivity index (χ0n) is 11.9. The summed E-state index contributed by atoms with van der Waals surface area (Å²) in [5, 5.41) is 1.21. The van der Waals surface area contributed by atoms with Crippen molar-refractivity contribution in [3.63, 3.8) is 0 Å². The number of pyridine rings is 1. The first-order chi connectivity index (χ1) is 8.22. The normalized spacial score (nSPS) is 8.82. The first-order valence-corrected chi connectivity index (χ1v) is 6.29. The molecule has 0 amide bonds. The van der Waals surface area contributed by atoms with Gasteiger partial charge in [-0.2, -0.15) is 0 Å². The molecule has 17 heavy (non-hydrogen) atoms. The molecular formula is C15H24N2. The molecule has 0 aliphatic carbocycles. The van der Waals surface area contributed by atoms with Gasteiger partial charge in [0, 0.05) is 22.3 Å². The molecule has 2 aromatic rings. The first-order valence-electron chi connectivity index (χ1n) is 6.29. The monoisotopic (exact) mass is 232 g/mol. The Hall–Kier alpha value is -1.57. The predicted octanol–water partition coefficient (Wildman–Crippen LogP) is 4.88. The molecule has 94 valence electrons. The van der Waals surface area contributed by atoms with Crippen LogP contribution in [0.1, 0.15) is 44.6 Å². The van der Waals surface area contributed by atoms with Gasteiger partial charge < -0.3 is 4.98 Å². The van der Waals surface area contributed by atoms with Gasteiger partial charge in [-0.25, -0.2) is 0 Å². The van der Waals surface area contributed by atoms with Crippen molar-refractivity contribution in [2.75, 3.05) is 0 Å². The Morgan fingerprint density at radius 1 is 1.18 bits per heavy atom. The topological polar surface area (TPSA) is 28.7 Å². The molecule has 0 unspecified atom stereocenters. The van der Waals surface area contributed by atoms with Gasteiger partial charge in [0.1, 0.15) is 0 Å². The molecule has 0 saturated heterocycles. The van der Waals surface area contributed by atoms with Crippen molar-refractivity contribution >= 4 is 17.0 Å². The number of H-pyrrole nitrogens is 1. The molecular weight excluding hydrogens is 208 g/mol. The number of nitrogens with one attached hydrogen (secondary N) is 1. The average Bonchev–Trinajstić information content (AvgIpc) is 2.75. The van der Waals surface area contributed by atoms with Crippen molar-refractivity contribution in [1.29, 1.82) is 0 Å². The van der Waals surface area contributed by atoms with Gasteiger partial charge in [-0.1, -0.05) is 40.3 Å². The fourth-order valence-corrected chi connectivity index (χ4v) is 1.62. The van der Waals surface area contributed by atoms with Crippen LogP contribution in [-0.2, 0) is 0 Å². The second kappa shape index (κ2) is 7.66. The highest BCUT2D eigenvalue weighted by Crippen LogP contribution is 2.21. The van der Waals surface area contributed by atoms with Gasteiger partial charge in [-0.05, 0) is 19.9 Å². The number of aromatic amines is 1. The van der Waals surface area contributed by atoms with E-state index in [1.807, 2.05) is 53.8 Å². The highest BCUT2D eigenvalue weighted by molar-refractivity contribution is 5.89. The van der Waals surface area contributed by atoms with E-state index in [4.69, 9.17) is 0 Å². The van der Waals surface area contributed by atoms with E-state index in [9.17, 15) is 0 Å². The molecule has 0 aliphatic heterocycles. The van der Waals surface area contributed by atoms with Crippen LogP contribution in [0.25, 0.3) is 17.0 Å². The minimum atomic E-state index is 1.03. The fourth-order valence-electron chi connectivity index (χ4n) is 1.62. The molecule has 2 aromatic heterocycles. The minimum absolute atomic E-state index is 1.03. The maximum Gasteiger partial charge on any atom is 0.0648 e. The van der Waals surface area contributed by atoms with Crippen molar-refractivity contribution in [2.45, 2.75) is 41.5 Å². The van der Waals surface area contributed by atoms with E-state index in [0.29, 0.717) is 0 Å². The molecule has 0 aliphatic rings. The predicted molar refractivity (Wildman–Crippen MR) is 78.4 cm³/mol. The summed E-state index contributed by atoms with van der Waals surface area (Å²) in [6.07, 6.45) is 3.72. The molecule has 0 atom stereocenters. The second-order valence-electron chi connectivity index (χ2n) is 3.24. The van der Waals surface area contributed by atoms with Crippen LogP contribution in [0.2, 0.25) is 0 Å². The molecule has 0 saturated carbocycles. The summed E-state index contributed by atoms with van der Waals surface area (Å²) < 4.78 is 0. The van der Waals surface area contributed by atoms with Gasteiger partial charge in [0.2, 0.25) is 0 Å². The number of hydrogen-bond donors (Lipinski definition) is 1. The Balaban J connectivity index is 0.000000581. The minimum Gasteiger partial charge on any atom is -0.357 e. The third-order valence-corrected chi connectivity index (χ3v) is 2.25. The quantitative estimate of drug-likeness (QED) is 0.746.